The highest BCUT2D eigenvalue weighted by Crippen LogP contribution is 2.11. The number of hydrogen-bond acceptors (Lipinski definition) is 2. The first-order valence-electron chi connectivity index (χ1n) is 4.33. The van der Waals surface area contributed by atoms with Gasteiger partial charge in [0.2, 0.25) is 0 Å². The van der Waals surface area contributed by atoms with Gasteiger partial charge in [-0.15, -0.1) is 6.58 Å². The molecule has 0 saturated heterocycles. The molecule has 0 spiro atoms. The maximum Gasteiger partial charge on any atom is 0.143 e. The van der Waals surface area contributed by atoms with Crippen LogP contribution in [-0.2, 0) is 9.59 Å². The molecule has 2 nitrogen and oxygen atoms in total. The van der Waals surface area contributed by atoms with Crippen molar-refractivity contribution in [1.29, 1.82) is 0 Å². The lowest BCUT2D eigenvalue weighted by Crippen LogP contribution is -2.22. The lowest BCUT2D eigenvalue weighted by Gasteiger charge is -2.09. The monoisotopic (exact) mass is 168 g/mol. The van der Waals surface area contributed by atoms with Crippen molar-refractivity contribution >= 4 is 11.6 Å². The molecule has 0 N–H and O–H groups in total. The smallest absolute Gasteiger partial charge is 0.143 e. The minimum Gasteiger partial charge on any atom is -0.299 e. The molecule has 0 saturated carbocycles. The van der Waals surface area contributed by atoms with Crippen LogP contribution in [-0.4, -0.2) is 11.6 Å². The topological polar surface area (TPSA) is 34.1 Å². The van der Waals surface area contributed by atoms with Crippen LogP contribution in [0.5, 0.6) is 0 Å². The molecule has 0 rings (SSSR count). The van der Waals surface area contributed by atoms with Gasteiger partial charge in [0.1, 0.15) is 11.6 Å². The summed E-state index contributed by atoms with van der Waals surface area (Å²) >= 11 is 0. The van der Waals surface area contributed by atoms with Crippen LogP contribution < -0.4 is 0 Å². The Labute approximate surface area is 73.7 Å². The normalized spacial score (nSPS) is 9.92. The molecular weight excluding hydrogens is 152 g/mol. The van der Waals surface area contributed by atoms with Gasteiger partial charge in [-0.3, -0.25) is 9.59 Å². The van der Waals surface area contributed by atoms with E-state index in [2.05, 4.69) is 6.58 Å². The second-order valence-corrected chi connectivity index (χ2v) is 2.72. The summed E-state index contributed by atoms with van der Waals surface area (Å²) in [6, 6.07) is 0. The van der Waals surface area contributed by atoms with E-state index in [0.29, 0.717) is 19.3 Å². The number of carbonyl (C=O) groups excluding carboxylic acids is 2. The molecule has 0 aliphatic rings. The lowest BCUT2D eigenvalue weighted by atomic mass is 9.92. The van der Waals surface area contributed by atoms with Gasteiger partial charge >= 0.3 is 0 Å². The van der Waals surface area contributed by atoms with Crippen LogP contribution in [0.25, 0.3) is 0 Å². The Morgan fingerprint density at radius 3 is 1.92 bits per heavy atom. The molecule has 0 aromatic rings. The second-order valence-electron chi connectivity index (χ2n) is 2.72. The van der Waals surface area contributed by atoms with Crippen molar-refractivity contribution in [3.8, 4) is 0 Å². The summed E-state index contributed by atoms with van der Waals surface area (Å²) in [5, 5.41) is 0. The summed E-state index contributed by atoms with van der Waals surface area (Å²) in [5.41, 5.74) is 0. The third kappa shape index (κ3) is 2.99. The van der Waals surface area contributed by atoms with Crippen LogP contribution >= 0.6 is 0 Å². The Morgan fingerprint density at radius 2 is 1.67 bits per heavy atom. The predicted molar refractivity (Wildman–Crippen MR) is 48.9 cm³/mol. The summed E-state index contributed by atoms with van der Waals surface area (Å²) < 4.78 is 0. The average Bonchev–Trinajstić information content (AvgIpc) is 2.11. The molecule has 0 unspecified atom stereocenters. The van der Waals surface area contributed by atoms with Crippen LogP contribution in [0, 0.1) is 5.92 Å². The lowest BCUT2D eigenvalue weighted by molar-refractivity contribution is -0.132. The highest BCUT2D eigenvalue weighted by atomic mass is 16.1. The molecule has 0 atom stereocenters. The summed E-state index contributed by atoms with van der Waals surface area (Å²) in [7, 11) is 0. The van der Waals surface area contributed by atoms with E-state index < -0.39 is 5.92 Å². The van der Waals surface area contributed by atoms with Crippen molar-refractivity contribution in [2.24, 2.45) is 5.92 Å². The van der Waals surface area contributed by atoms with E-state index in [-0.39, 0.29) is 11.6 Å². The van der Waals surface area contributed by atoms with E-state index >= 15 is 0 Å². The molecule has 0 heterocycles. The van der Waals surface area contributed by atoms with Gasteiger partial charge < -0.3 is 0 Å². The Balaban J connectivity index is 4.31. The average molecular weight is 168 g/mol. The van der Waals surface area contributed by atoms with Crippen molar-refractivity contribution in [3.05, 3.63) is 12.7 Å². The molecule has 0 aliphatic carbocycles. The molecular formula is C10H16O2. The van der Waals surface area contributed by atoms with E-state index in [9.17, 15) is 9.59 Å². The zero-order chi connectivity index (χ0) is 9.56. The quantitative estimate of drug-likeness (QED) is 0.450. The van der Waals surface area contributed by atoms with Crippen molar-refractivity contribution in [3.63, 3.8) is 0 Å². The SMILES string of the molecule is C=CCC(C(=O)CC)C(=O)CC. The minimum atomic E-state index is -0.433. The zero-order valence-electron chi connectivity index (χ0n) is 7.80. The number of ketones is 2. The number of hydrogen-bond donors (Lipinski definition) is 0. The van der Waals surface area contributed by atoms with Gasteiger partial charge in [0.05, 0.1) is 5.92 Å². The van der Waals surface area contributed by atoms with Crippen LogP contribution in [0.2, 0.25) is 0 Å². The van der Waals surface area contributed by atoms with Crippen molar-refractivity contribution in [2.75, 3.05) is 0 Å². The first-order valence-corrected chi connectivity index (χ1v) is 4.33. The van der Waals surface area contributed by atoms with Crippen molar-refractivity contribution < 1.29 is 9.59 Å². The summed E-state index contributed by atoms with van der Waals surface area (Å²) in [4.78, 5) is 22.5. The van der Waals surface area contributed by atoms with E-state index in [1.165, 1.54) is 0 Å². The van der Waals surface area contributed by atoms with Gasteiger partial charge in [-0.1, -0.05) is 19.9 Å². The number of carbonyl (C=O) groups is 2. The first-order chi connectivity index (χ1) is 5.67. The maximum absolute atomic E-state index is 11.2. The molecule has 0 aromatic carbocycles. The van der Waals surface area contributed by atoms with Crippen molar-refractivity contribution in [2.45, 2.75) is 33.1 Å². The van der Waals surface area contributed by atoms with E-state index in [1.807, 2.05) is 0 Å². The predicted octanol–water partition coefficient (Wildman–Crippen LogP) is 2.14. The molecule has 0 radical (unpaired) electrons. The van der Waals surface area contributed by atoms with Gasteiger partial charge in [-0.05, 0) is 6.42 Å². The van der Waals surface area contributed by atoms with E-state index in [4.69, 9.17) is 0 Å². The standard InChI is InChI=1S/C10H16O2/c1-4-7-8(9(11)5-2)10(12)6-3/h4,8H,1,5-7H2,2-3H3. The largest absolute Gasteiger partial charge is 0.299 e. The Kier molecular flexibility index (Phi) is 5.26. The van der Waals surface area contributed by atoms with Gasteiger partial charge in [0, 0.05) is 12.8 Å². The minimum absolute atomic E-state index is 0.0294. The Bertz CT molecular complexity index is 166. The Hall–Kier alpha value is -0.920. The number of Topliss-reactive ketones (excluding diaryl/α,β-unsaturated/α-hetero) is 2. The van der Waals surface area contributed by atoms with E-state index in [1.54, 1.807) is 19.9 Å². The van der Waals surface area contributed by atoms with Crippen LogP contribution in [0.3, 0.4) is 0 Å². The second kappa shape index (κ2) is 5.70. The van der Waals surface area contributed by atoms with Gasteiger partial charge in [0.15, 0.2) is 0 Å². The van der Waals surface area contributed by atoms with Crippen LogP contribution in [0.15, 0.2) is 12.7 Å². The number of allylic oxidation sites excluding steroid dienone is 1. The fourth-order valence-corrected chi connectivity index (χ4v) is 1.10. The molecule has 2 heteroatoms. The maximum atomic E-state index is 11.2. The third-order valence-corrected chi connectivity index (χ3v) is 1.88. The van der Waals surface area contributed by atoms with Crippen LogP contribution in [0.4, 0.5) is 0 Å². The summed E-state index contributed by atoms with van der Waals surface area (Å²) in [6.07, 6.45) is 2.99. The number of rotatable bonds is 6. The summed E-state index contributed by atoms with van der Waals surface area (Å²) in [6.45, 7) is 7.09. The fraction of sp³-hybridized carbons (Fsp3) is 0.600. The van der Waals surface area contributed by atoms with Gasteiger partial charge in [-0.25, -0.2) is 0 Å². The molecule has 0 amide bonds. The molecule has 0 bridgehead atoms. The van der Waals surface area contributed by atoms with Gasteiger partial charge in [0.25, 0.3) is 0 Å². The van der Waals surface area contributed by atoms with E-state index in [0.717, 1.165) is 0 Å². The molecule has 0 aliphatic heterocycles. The molecule has 68 valence electrons. The van der Waals surface area contributed by atoms with Gasteiger partial charge in [-0.2, -0.15) is 0 Å². The third-order valence-electron chi connectivity index (χ3n) is 1.88. The zero-order valence-corrected chi connectivity index (χ0v) is 7.80. The highest BCUT2D eigenvalue weighted by molar-refractivity contribution is 6.02. The Morgan fingerprint density at radius 1 is 1.25 bits per heavy atom. The fourth-order valence-electron chi connectivity index (χ4n) is 1.10. The van der Waals surface area contributed by atoms with Crippen molar-refractivity contribution in [1.82, 2.24) is 0 Å². The highest BCUT2D eigenvalue weighted by Gasteiger charge is 2.21. The molecule has 12 heavy (non-hydrogen) atoms. The molecule has 0 fully saturated rings. The first kappa shape index (κ1) is 11.1. The van der Waals surface area contributed by atoms with Crippen LogP contribution in [0.1, 0.15) is 33.1 Å². The molecule has 0 aromatic heterocycles. The summed E-state index contributed by atoms with van der Waals surface area (Å²) in [5.74, 6) is -0.374.